The van der Waals surface area contributed by atoms with Crippen LogP contribution in [0.15, 0.2) is 35.2 Å². The summed E-state index contributed by atoms with van der Waals surface area (Å²) in [6.07, 6.45) is 1.55. The van der Waals surface area contributed by atoms with Crippen LogP contribution in [0.1, 0.15) is 22.3 Å². The number of rotatable bonds is 3. The Morgan fingerprint density at radius 1 is 1.21 bits per heavy atom. The molecule has 5 nitrogen and oxygen atoms in total. The number of thiocarbonyl (C=S) groups is 1. The van der Waals surface area contributed by atoms with E-state index in [1.165, 1.54) is 11.0 Å². The molecule has 1 N–H and O–H groups in total. The summed E-state index contributed by atoms with van der Waals surface area (Å²) in [5.74, 6) is -1.12. The van der Waals surface area contributed by atoms with E-state index in [1.54, 1.807) is 12.1 Å². The molecule has 2 heterocycles. The zero-order chi connectivity index (χ0) is 20.7. The molecule has 29 heavy (non-hydrogen) atoms. The van der Waals surface area contributed by atoms with E-state index in [-0.39, 0.29) is 24.2 Å². The summed E-state index contributed by atoms with van der Waals surface area (Å²) in [6, 6.07) is 8.99. The van der Waals surface area contributed by atoms with Crippen molar-refractivity contribution in [3.8, 4) is 5.75 Å². The van der Waals surface area contributed by atoms with Crippen LogP contribution in [-0.4, -0.2) is 22.7 Å². The van der Waals surface area contributed by atoms with Crippen molar-refractivity contribution in [1.29, 1.82) is 0 Å². The van der Waals surface area contributed by atoms with Gasteiger partial charge in [-0.1, -0.05) is 53.3 Å². The monoisotopic (exact) mass is 428 g/mol. The molecular formula is C21H17FN2O3S2. The quantitative estimate of drug-likeness (QED) is 0.594. The first kappa shape index (κ1) is 19.6. The van der Waals surface area contributed by atoms with E-state index in [0.29, 0.717) is 27.0 Å². The summed E-state index contributed by atoms with van der Waals surface area (Å²) in [5.41, 5.74) is 3.92. The number of aryl methyl sites for hydroxylation is 2. The molecular weight excluding hydrogens is 411 g/mol. The second kappa shape index (κ2) is 7.61. The lowest BCUT2D eigenvalue weighted by Gasteiger charge is -2.30. The van der Waals surface area contributed by atoms with Gasteiger partial charge in [0.15, 0.2) is 18.2 Å². The Kier molecular flexibility index (Phi) is 5.14. The van der Waals surface area contributed by atoms with Crippen molar-refractivity contribution >= 4 is 51.9 Å². The van der Waals surface area contributed by atoms with Crippen molar-refractivity contribution in [2.75, 3.05) is 11.5 Å². The molecule has 8 heteroatoms. The van der Waals surface area contributed by atoms with Gasteiger partial charge in [-0.3, -0.25) is 9.59 Å². The fraction of sp³-hybridized carbons (Fsp3) is 0.190. The van der Waals surface area contributed by atoms with E-state index in [1.807, 2.05) is 26.0 Å². The molecule has 2 aromatic rings. The summed E-state index contributed by atoms with van der Waals surface area (Å²) in [5, 5.41) is 2.53. The molecule has 0 aliphatic carbocycles. The first-order valence-corrected chi connectivity index (χ1v) is 10.1. The number of nitrogens with one attached hydrogen (secondary N) is 1. The van der Waals surface area contributed by atoms with Crippen LogP contribution in [0.2, 0.25) is 0 Å². The number of fused-ring (bicyclic) bond motifs is 1. The molecule has 0 aromatic heterocycles. The summed E-state index contributed by atoms with van der Waals surface area (Å²) in [6.45, 7) is 4.06. The van der Waals surface area contributed by atoms with Crippen LogP contribution >= 0.6 is 24.0 Å². The average molecular weight is 429 g/mol. The lowest BCUT2D eigenvalue weighted by atomic mass is 10.1. The molecule has 0 unspecified atom stereocenters. The predicted octanol–water partition coefficient (Wildman–Crippen LogP) is 3.86. The van der Waals surface area contributed by atoms with Crippen LogP contribution < -0.4 is 15.0 Å². The number of hydrogen-bond acceptors (Lipinski definition) is 5. The van der Waals surface area contributed by atoms with Crippen molar-refractivity contribution in [3.63, 3.8) is 0 Å². The Morgan fingerprint density at radius 2 is 1.93 bits per heavy atom. The molecule has 148 valence electrons. The van der Waals surface area contributed by atoms with E-state index in [9.17, 15) is 14.0 Å². The maximum atomic E-state index is 14.7. The molecule has 0 radical (unpaired) electrons. The maximum Gasteiger partial charge on any atom is 0.265 e. The number of nitrogens with zero attached hydrogens (tertiary/aromatic N) is 1. The largest absolute Gasteiger partial charge is 0.478 e. The van der Waals surface area contributed by atoms with Gasteiger partial charge in [0.25, 0.3) is 11.8 Å². The van der Waals surface area contributed by atoms with Gasteiger partial charge in [-0.2, -0.15) is 0 Å². The van der Waals surface area contributed by atoms with E-state index in [0.717, 1.165) is 28.5 Å². The van der Waals surface area contributed by atoms with Gasteiger partial charge in [0.05, 0.1) is 17.1 Å². The van der Waals surface area contributed by atoms with Gasteiger partial charge in [-0.05, 0) is 43.2 Å². The first-order valence-electron chi connectivity index (χ1n) is 8.89. The van der Waals surface area contributed by atoms with Gasteiger partial charge >= 0.3 is 0 Å². The van der Waals surface area contributed by atoms with Gasteiger partial charge in [0, 0.05) is 0 Å². The van der Waals surface area contributed by atoms with Crippen LogP contribution in [-0.2, 0) is 16.1 Å². The zero-order valence-electron chi connectivity index (χ0n) is 15.7. The number of thioether (sulfide) groups is 1. The Labute approximate surface area is 176 Å². The predicted molar refractivity (Wildman–Crippen MR) is 115 cm³/mol. The topological polar surface area (TPSA) is 58.6 Å². The van der Waals surface area contributed by atoms with Crippen molar-refractivity contribution in [2.24, 2.45) is 0 Å². The minimum Gasteiger partial charge on any atom is -0.478 e. The third-order valence-corrected chi connectivity index (χ3v) is 5.70. The fourth-order valence-corrected chi connectivity index (χ4v) is 4.51. The lowest BCUT2D eigenvalue weighted by Crippen LogP contribution is -2.38. The molecule has 0 saturated carbocycles. The number of benzene rings is 2. The van der Waals surface area contributed by atoms with Gasteiger partial charge in [-0.25, -0.2) is 4.39 Å². The highest BCUT2D eigenvalue weighted by Gasteiger charge is 2.29. The SMILES string of the molecule is Cc1cc(C)cc(CN2C(=O)COc3c(F)cc(/C=C4/SC(=S)NC4=O)cc32)c1. The third kappa shape index (κ3) is 4.04. The number of ether oxygens (including phenoxy) is 1. The average Bonchev–Trinajstić information content (AvgIpc) is 2.94. The Bertz CT molecular complexity index is 1080. The van der Waals surface area contributed by atoms with Gasteiger partial charge in [0.2, 0.25) is 0 Å². The van der Waals surface area contributed by atoms with Gasteiger partial charge < -0.3 is 15.0 Å². The smallest absolute Gasteiger partial charge is 0.265 e. The van der Waals surface area contributed by atoms with Gasteiger partial charge in [0.1, 0.15) is 4.32 Å². The number of carbonyl (C=O) groups excluding carboxylic acids is 2. The molecule has 2 aromatic carbocycles. The van der Waals surface area contributed by atoms with Crippen molar-refractivity contribution in [3.05, 3.63) is 63.3 Å². The number of carbonyl (C=O) groups is 2. The summed E-state index contributed by atoms with van der Waals surface area (Å²) < 4.78 is 20.4. The number of anilines is 1. The van der Waals surface area contributed by atoms with Crippen molar-refractivity contribution in [1.82, 2.24) is 5.32 Å². The highest BCUT2D eigenvalue weighted by atomic mass is 32.2. The zero-order valence-corrected chi connectivity index (χ0v) is 17.4. The first-order chi connectivity index (χ1) is 13.8. The Morgan fingerprint density at radius 3 is 2.59 bits per heavy atom. The van der Waals surface area contributed by atoms with Crippen LogP contribution in [0.4, 0.5) is 10.1 Å². The maximum absolute atomic E-state index is 14.7. The van der Waals surface area contributed by atoms with E-state index in [2.05, 4.69) is 11.4 Å². The highest BCUT2D eigenvalue weighted by Crippen LogP contribution is 2.38. The summed E-state index contributed by atoms with van der Waals surface area (Å²) in [7, 11) is 0. The molecule has 2 aliphatic heterocycles. The second-order valence-electron chi connectivity index (χ2n) is 6.97. The lowest BCUT2D eigenvalue weighted by molar-refractivity contribution is -0.121. The highest BCUT2D eigenvalue weighted by molar-refractivity contribution is 8.26. The Balaban J connectivity index is 1.74. The van der Waals surface area contributed by atoms with E-state index in [4.69, 9.17) is 17.0 Å². The number of halogens is 1. The van der Waals surface area contributed by atoms with E-state index >= 15 is 0 Å². The van der Waals surface area contributed by atoms with Crippen LogP contribution in [0.25, 0.3) is 6.08 Å². The van der Waals surface area contributed by atoms with Crippen LogP contribution in [0, 0.1) is 19.7 Å². The second-order valence-corrected chi connectivity index (χ2v) is 8.69. The summed E-state index contributed by atoms with van der Waals surface area (Å²) >= 11 is 6.10. The molecule has 2 amide bonds. The molecule has 0 spiro atoms. The molecule has 1 saturated heterocycles. The van der Waals surface area contributed by atoms with Crippen molar-refractivity contribution in [2.45, 2.75) is 20.4 Å². The van der Waals surface area contributed by atoms with Crippen LogP contribution in [0.3, 0.4) is 0 Å². The molecule has 0 atom stereocenters. The van der Waals surface area contributed by atoms with Crippen molar-refractivity contribution < 1.29 is 18.7 Å². The minimum atomic E-state index is -0.585. The third-order valence-electron chi connectivity index (χ3n) is 4.54. The Hall–Kier alpha value is -2.71. The fourth-order valence-electron chi connectivity index (χ4n) is 3.46. The molecule has 0 bridgehead atoms. The summed E-state index contributed by atoms with van der Waals surface area (Å²) in [4.78, 5) is 26.4. The standard InChI is InChI=1S/C21H17FN2O3S2/c1-11-3-12(2)5-14(4-11)9-24-16-7-13(8-17-20(26)23-21(28)29-17)6-15(22)19(16)27-10-18(24)25/h3-8H,9-10H2,1-2H3,(H,23,26,28)/b17-8+. The van der Waals surface area contributed by atoms with E-state index < -0.39 is 5.82 Å². The number of amides is 2. The minimum absolute atomic E-state index is 0.0372. The van der Waals surface area contributed by atoms with Gasteiger partial charge in [-0.15, -0.1) is 0 Å². The van der Waals surface area contributed by atoms with Crippen LogP contribution in [0.5, 0.6) is 5.75 Å². The molecule has 2 aliphatic rings. The normalized spacial score (nSPS) is 17.4. The molecule has 1 fully saturated rings. The number of hydrogen-bond donors (Lipinski definition) is 1. The molecule has 4 rings (SSSR count).